The number of anilines is 2. The molecule has 0 fully saturated rings. The smallest absolute Gasteiger partial charge is 0.339 e. The van der Waals surface area contributed by atoms with Gasteiger partial charge in [0.25, 0.3) is 0 Å². The second-order valence-corrected chi connectivity index (χ2v) is 5.00. The van der Waals surface area contributed by atoms with Crippen molar-refractivity contribution in [1.82, 2.24) is 14.6 Å². The number of carbonyl (C=O) groups is 1. The Kier molecular flexibility index (Phi) is 3.38. The molecule has 0 unspecified atom stereocenters. The van der Waals surface area contributed by atoms with E-state index in [4.69, 9.17) is 5.73 Å². The quantitative estimate of drug-likeness (QED) is 0.760. The van der Waals surface area contributed by atoms with Crippen molar-refractivity contribution in [1.29, 1.82) is 0 Å². The standard InChI is InChI=1S/C15H15N5O2/c1-19(8-10-5-3-2-4-6-10)11-7-12(14(21)22)13-17-15(16)18-20(13)9-11/h2-7,9H,8H2,1H3,(H2,16,18)(H,21,22). The average Bonchev–Trinajstić information content (AvgIpc) is 2.87. The first kappa shape index (κ1) is 13.9. The molecule has 2 heterocycles. The normalized spacial score (nSPS) is 10.8. The van der Waals surface area contributed by atoms with E-state index in [0.717, 1.165) is 11.3 Å². The highest BCUT2D eigenvalue weighted by Crippen LogP contribution is 2.21. The highest BCUT2D eigenvalue weighted by atomic mass is 16.4. The Bertz CT molecular complexity index is 829. The Morgan fingerprint density at radius 2 is 2.09 bits per heavy atom. The second kappa shape index (κ2) is 5.36. The molecule has 0 aliphatic carbocycles. The molecule has 0 atom stereocenters. The molecule has 0 aliphatic heterocycles. The Balaban J connectivity index is 2.01. The van der Waals surface area contributed by atoms with Gasteiger partial charge in [0.2, 0.25) is 5.95 Å². The van der Waals surface area contributed by atoms with E-state index in [1.807, 2.05) is 42.3 Å². The summed E-state index contributed by atoms with van der Waals surface area (Å²) in [5, 5.41) is 13.3. The van der Waals surface area contributed by atoms with E-state index in [9.17, 15) is 9.90 Å². The summed E-state index contributed by atoms with van der Waals surface area (Å²) in [6.07, 6.45) is 1.72. The van der Waals surface area contributed by atoms with Gasteiger partial charge in [-0.1, -0.05) is 30.3 Å². The SMILES string of the molecule is CN(Cc1ccccc1)c1cc(C(=O)O)c2nc(N)nn2c1. The van der Waals surface area contributed by atoms with Gasteiger partial charge in [0.05, 0.1) is 11.9 Å². The Labute approximate surface area is 126 Å². The number of benzene rings is 1. The van der Waals surface area contributed by atoms with Gasteiger partial charge >= 0.3 is 5.97 Å². The predicted molar refractivity (Wildman–Crippen MR) is 82.9 cm³/mol. The van der Waals surface area contributed by atoms with Crippen molar-refractivity contribution in [2.45, 2.75) is 6.54 Å². The van der Waals surface area contributed by atoms with E-state index in [1.54, 1.807) is 12.3 Å². The number of hydrogen-bond acceptors (Lipinski definition) is 5. The number of nitrogens with two attached hydrogens (primary N) is 1. The Hall–Kier alpha value is -3.09. The van der Waals surface area contributed by atoms with Crippen LogP contribution >= 0.6 is 0 Å². The lowest BCUT2D eigenvalue weighted by molar-refractivity contribution is 0.0698. The van der Waals surface area contributed by atoms with Crippen LogP contribution in [0.5, 0.6) is 0 Å². The molecule has 0 radical (unpaired) electrons. The zero-order chi connectivity index (χ0) is 15.7. The summed E-state index contributed by atoms with van der Waals surface area (Å²) >= 11 is 0. The molecular weight excluding hydrogens is 282 g/mol. The number of aromatic nitrogens is 3. The summed E-state index contributed by atoms with van der Waals surface area (Å²) in [7, 11) is 1.89. The van der Waals surface area contributed by atoms with Crippen LogP contribution in [0, 0.1) is 0 Å². The van der Waals surface area contributed by atoms with Gasteiger partial charge in [0.15, 0.2) is 5.65 Å². The van der Waals surface area contributed by atoms with E-state index < -0.39 is 5.97 Å². The van der Waals surface area contributed by atoms with E-state index in [1.165, 1.54) is 4.52 Å². The average molecular weight is 297 g/mol. The van der Waals surface area contributed by atoms with Crippen LogP contribution < -0.4 is 10.6 Å². The first-order valence-corrected chi connectivity index (χ1v) is 6.69. The number of fused-ring (bicyclic) bond motifs is 1. The second-order valence-electron chi connectivity index (χ2n) is 5.00. The first-order chi connectivity index (χ1) is 10.5. The molecule has 0 saturated carbocycles. The third-order valence-electron chi connectivity index (χ3n) is 3.37. The summed E-state index contributed by atoms with van der Waals surface area (Å²) in [4.78, 5) is 17.3. The van der Waals surface area contributed by atoms with Crippen LogP contribution in [0.15, 0.2) is 42.6 Å². The van der Waals surface area contributed by atoms with Crippen molar-refractivity contribution in [2.75, 3.05) is 17.7 Å². The minimum Gasteiger partial charge on any atom is -0.478 e. The fraction of sp³-hybridized carbons (Fsp3) is 0.133. The van der Waals surface area contributed by atoms with Crippen molar-refractivity contribution < 1.29 is 9.90 Å². The van der Waals surface area contributed by atoms with Crippen molar-refractivity contribution in [3.63, 3.8) is 0 Å². The molecule has 1 aromatic carbocycles. The highest BCUT2D eigenvalue weighted by molar-refractivity contribution is 5.95. The maximum atomic E-state index is 11.4. The molecule has 0 amide bonds. The number of aromatic carboxylic acids is 1. The largest absolute Gasteiger partial charge is 0.478 e. The molecule has 0 aliphatic rings. The number of rotatable bonds is 4. The molecule has 7 nitrogen and oxygen atoms in total. The maximum Gasteiger partial charge on any atom is 0.339 e. The molecule has 3 N–H and O–H groups in total. The van der Waals surface area contributed by atoms with Crippen LogP contribution in [-0.4, -0.2) is 32.7 Å². The maximum absolute atomic E-state index is 11.4. The fourth-order valence-electron chi connectivity index (χ4n) is 2.30. The molecular formula is C15H15N5O2. The van der Waals surface area contributed by atoms with E-state index in [0.29, 0.717) is 6.54 Å². The fourth-order valence-corrected chi connectivity index (χ4v) is 2.30. The molecule has 2 aromatic heterocycles. The molecule has 0 spiro atoms. The van der Waals surface area contributed by atoms with Crippen LogP contribution in [0.4, 0.5) is 11.6 Å². The summed E-state index contributed by atoms with van der Waals surface area (Å²) in [5.74, 6) is -1.02. The summed E-state index contributed by atoms with van der Waals surface area (Å²) < 4.78 is 1.40. The minimum absolute atomic E-state index is 0.0466. The predicted octanol–water partition coefficient (Wildman–Crippen LogP) is 1.65. The molecule has 0 saturated heterocycles. The van der Waals surface area contributed by atoms with Crippen LogP contribution in [0.25, 0.3) is 5.65 Å². The third kappa shape index (κ3) is 2.56. The lowest BCUT2D eigenvalue weighted by Crippen LogP contribution is -2.18. The lowest BCUT2D eigenvalue weighted by Gasteiger charge is -2.20. The third-order valence-corrected chi connectivity index (χ3v) is 3.37. The summed E-state index contributed by atoms with van der Waals surface area (Å²) in [6, 6.07) is 11.5. The molecule has 3 aromatic rings. The van der Waals surface area contributed by atoms with Crippen molar-refractivity contribution >= 4 is 23.3 Å². The number of carboxylic acids is 1. The lowest BCUT2D eigenvalue weighted by atomic mass is 10.2. The Morgan fingerprint density at radius 3 is 2.77 bits per heavy atom. The summed E-state index contributed by atoms with van der Waals surface area (Å²) in [6.45, 7) is 0.648. The van der Waals surface area contributed by atoms with Crippen LogP contribution in [-0.2, 0) is 6.54 Å². The minimum atomic E-state index is -1.06. The van der Waals surface area contributed by atoms with Gasteiger partial charge in [-0.25, -0.2) is 9.31 Å². The van der Waals surface area contributed by atoms with Crippen LogP contribution in [0.3, 0.4) is 0 Å². The number of nitrogens with zero attached hydrogens (tertiary/aromatic N) is 4. The van der Waals surface area contributed by atoms with Crippen molar-refractivity contribution in [3.05, 3.63) is 53.7 Å². The van der Waals surface area contributed by atoms with Gasteiger partial charge in [0.1, 0.15) is 5.56 Å². The van der Waals surface area contributed by atoms with Crippen LogP contribution in [0.2, 0.25) is 0 Å². The van der Waals surface area contributed by atoms with E-state index in [2.05, 4.69) is 10.1 Å². The van der Waals surface area contributed by atoms with Gasteiger partial charge < -0.3 is 15.7 Å². The van der Waals surface area contributed by atoms with E-state index in [-0.39, 0.29) is 17.2 Å². The highest BCUT2D eigenvalue weighted by Gasteiger charge is 2.16. The number of hydrogen-bond donors (Lipinski definition) is 2. The van der Waals surface area contributed by atoms with E-state index >= 15 is 0 Å². The molecule has 3 rings (SSSR count). The van der Waals surface area contributed by atoms with Gasteiger partial charge in [-0.2, -0.15) is 4.98 Å². The number of carboxylic acid groups (broad SMARTS) is 1. The number of nitrogen functional groups attached to an aromatic ring is 1. The van der Waals surface area contributed by atoms with Crippen LogP contribution in [0.1, 0.15) is 15.9 Å². The van der Waals surface area contributed by atoms with Crippen molar-refractivity contribution in [2.24, 2.45) is 0 Å². The zero-order valence-electron chi connectivity index (χ0n) is 12.0. The Morgan fingerprint density at radius 1 is 1.36 bits per heavy atom. The monoisotopic (exact) mass is 297 g/mol. The summed E-state index contributed by atoms with van der Waals surface area (Å²) in [5.41, 5.74) is 7.71. The van der Waals surface area contributed by atoms with Gasteiger partial charge in [-0.05, 0) is 11.6 Å². The van der Waals surface area contributed by atoms with Gasteiger partial charge in [-0.3, -0.25) is 0 Å². The van der Waals surface area contributed by atoms with Gasteiger partial charge in [0, 0.05) is 13.6 Å². The molecule has 0 bridgehead atoms. The zero-order valence-corrected chi connectivity index (χ0v) is 12.0. The topological polar surface area (TPSA) is 96.8 Å². The molecule has 22 heavy (non-hydrogen) atoms. The van der Waals surface area contributed by atoms with Gasteiger partial charge in [-0.15, -0.1) is 5.10 Å². The molecule has 112 valence electrons. The molecule has 7 heteroatoms. The number of pyridine rings is 1. The van der Waals surface area contributed by atoms with Crippen molar-refractivity contribution in [3.8, 4) is 0 Å². The first-order valence-electron chi connectivity index (χ1n) is 6.69.